The normalized spacial score (nSPS) is 9.64. The van der Waals surface area contributed by atoms with E-state index in [9.17, 15) is 0 Å². The van der Waals surface area contributed by atoms with Crippen molar-refractivity contribution in [2.75, 3.05) is 25.2 Å². The molecule has 0 saturated carbocycles. The topological polar surface area (TPSA) is 71.1 Å². The van der Waals surface area contributed by atoms with Crippen molar-refractivity contribution in [3.8, 4) is 5.75 Å². The molecule has 4 N–H and O–H groups in total. The molecule has 1 aromatic rings. The zero-order valence-corrected chi connectivity index (χ0v) is 8.64. The lowest BCUT2D eigenvalue weighted by molar-refractivity contribution is 0.416. The number of ether oxygens (including phenoxy) is 1. The molecule has 1 aromatic carbocycles. The summed E-state index contributed by atoms with van der Waals surface area (Å²) in [6.07, 6.45) is 0. The van der Waals surface area contributed by atoms with Crippen LogP contribution in [0.4, 0.5) is 11.4 Å². The van der Waals surface area contributed by atoms with Gasteiger partial charge in [-0.2, -0.15) is 0 Å². The number of hydrogen-bond acceptors (Lipinski definition) is 4. The van der Waals surface area contributed by atoms with Gasteiger partial charge in [0.1, 0.15) is 0 Å². The Morgan fingerprint density at radius 2 is 2.14 bits per heavy atom. The fourth-order valence-corrected chi connectivity index (χ4v) is 1.39. The smallest absolute Gasteiger partial charge is 0.153 e. The summed E-state index contributed by atoms with van der Waals surface area (Å²) >= 11 is 0. The van der Waals surface area contributed by atoms with E-state index in [1.807, 2.05) is 6.07 Å². The maximum atomic E-state index is 7.60. The van der Waals surface area contributed by atoms with Crippen LogP contribution in [0.5, 0.6) is 5.75 Å². The van der Waals surface area contributed by atoms with E-state index in [0.717, 1.165) is 5.69 Å². The fraction of sp³-hybridized carbons (Fsp3) is 0.300. The highest BCUT2D eigenvalue weighted by Crippen LogP contribution is 2.32. The first-order chi connectivity index (χ1) is 6.61. The van der Waals surface area contributed by atoms with Gasteiger partial charge in [-0.3, -0.25) is 0 Å². The standard InChI is InChI=1S/C10H15N3O/c1-6(11)9-7(12)4-5-8(13-2)10(9)14-3/h4-5,11,13H,12H2,1-3H3. The number of hydrogen-bond donors (Lipinski definition) is 3. The van der Waals surface area contributed by atoms with Crippen LogP contribution in [0.15, 0.2) is 12.1 Å². The molecule has 0 unspecified atom stereocenters. The SMILES string of the molecule is CNc1ccc(N)c(C(C)=N)c1OC. The maximum absolute atomic E-state index is 7.60. The Labute approximate surface area is 83.6 Å². The average molecular weight is 193 g/mol. The first-order valence-corrected chi connectivity index (χ1v) is 4.31. The first kappa shape index (κ1) is 10.4. The van der Waals surface area contributed by atoms with E-state index in [2.05, 4.69) is 5.32 Å². The number of methoxy groups -OCH3 is 1. The maximum Gasteiger partial charge on any atom is 0.153 e. The highest BCUT2D eigenvalue weighted by molar-refractivity contribution is 6.05. The minimum atomic E-state index is 0.399. The van der Waals surface area contributed by atoms with E-state index in [1.54, 1.807) is 27.1 Å². The van der Waals surface area contributed by atoms with Crippen LogP contribution in [0, 0.1) is 5.41 Å². The predicted molar refractivity (Wildman–Crippen MR) is 59.5 cm³/mol. The van der Waals surface area contributed by atoms with E-state index >= 15 is 0 Å². The molecule has 0 spiro atoms. The van der Waals surface area contributed by atoms with Crippen molar-refractivity contribution < 1.29 is 4.74 Å². The summed E-state index contributed by atoms with van der Waals surface area (Å²) in [5, 5.41) is 10.6. The molecule has 0 aliphatic heterocycles. The zero-order valence-electron chi connectivity index (χ0n) is 8.64. The van der Waals surface area contributed by atoms with Gasteiger partial charge in [-0.25, -0.2) is 0 Å². The highest BCUT2D eigenvalue weighted by atomic mass is 16.5. The summed E-state index contributed by atoms with van der Waals surface area (Å²) in [7, 11) is 3.37. The van der Waals surface area contributed by atoms with E-state index in [0.29, 0.717) is 22.7 Å². The molecule has 4 heteroatoms. The summed E-state index contributed by atoms with van der Waals surface area (Å²) in [4.78, 5) is 0. The summed E-state index contributed by atoms with van der Waals surface area (Å²) < 4.78 is 5.23. The number of rotatable bonds is 3. The van der Waals surface area contributed by atoms with Gasteiger partial charge in [-0.15, -0.1) is 0 Å². The fourth-order valence-electron chi connectivity index (χ4n) is 1.39. The number of anilines is 2. The van der Waals surface area contributed by atoms with Gasteiger partial charge < -0.3 is 21.2 Å². The molecule has 0 heterocycles. The number of nitrogen functional groups attached to an aromatic ring is 1. The first-order valence-electron chi connectivity index (χ1n) is 4.31. The second kappa shape index (κ2) is 4.00. The Balaban J connectivity index is 3.42. The number of nitrogens with one attached hydrogen (secondary N) is 2. The lowest BCUT2D eigenvalue weighted by atomic mass is 10.1. The summed E-state index contributed by atoms with van der Waals surface area (Å²) in [5.41, 5.74) is 8.22. The Kier molecular flexibility index (Phi) is 2.96. The molecule has 0 radical (unpaired) electrons. The van der Waals surface area contributed by atoms with Crippen LogP contribution < -0.4 is 15.8 Å². The van der Waals surface area contributed by atoms with Gasteiger partial charge in [-0.1, -0.05) is 0 Å². The van der Waals surface area contributed by atoms with Gasteiger partial charge >= 0.3 is 0 Å². The Hall–Kier alpha value is -1.71. The van der Waals surface area contributed by atoms with Gasteiger partial charge in [0.15, 0.2) is 5.75 Å². The van der Waals surface area contributed by atoms with Crippen molar-refractivity contribution in [1.82, 2.24) is 0 Å². The molecule has 0 fully saturated rings. The van der Waals surface area contributed by atoms with Gasteiger partial charge in [0, 0.05) is 18.4 Å². The molecule has 0 aromatic heterocycles. The van der Waals surface area contributed by atoms with Gasteiger partial charge in [0.05, 0.1) is 18.4 Å². The van der Waals surface area contributed by atoms with E-state index < -0.39 is 0 Å². The third-order valence-corrected chi connectivity index (χ3v) is 2.04. The molecule has 0 aliphatic carbocycles. The molecule has 0 aliphatic rings. The molecule has 1 rings (SSSR count). The van der Waals surface area contributed by atoms with Crippen LogP contribution in [0.2, 0.25) is 0 Å². The minimum absolute atomic E-state index is 0.399. The predicted octanol–water partition coefficient (Wildman–Crippen LogP) is 1.71. The minimum Gasteiger partial charge on any atom is -0.494 e. The van der Waals surface area contributed by atoms with Crippen molar-refractivity contribution >= 4 is 17.1 Å². The van der Waals surface area contributed by atoms with Gasteiger partial charge in [0.2, 0.25) is 0 Å². The van der Waals surface area contributed by atoms with Crippen LogP contribution in [-0.4, -0.2) is 19.9 Å². The number of benzene rings is 1. The van der Waals surface area contributed by atoms with Crippen LogP contribution in [0.3, 0.4) is 0 Å². The van der Waals surface area contributed by atoms with Crippen LogP contribution in [-0.2, 0) is 0 Å². The highest BCUT2D eigenvalue weighted by Gasteiger charge is 2.13. The summed E-state index contributed by atoms with van der Waals surface area (Å²) in [5.74, 6) is 0.625. The zero-order chi connectivity index (χ0) is 10.7. The van der Waals surface area contributed by atoms with Crippen molar-refractivity contribution in [3.63, 3.8) is 0 Å². The second-order valence-corrected chi connectivity index (χ2v) is 2.99. The van der Waals surface area contributed by atoms with E-state index in [1.165, 1.54) is 0 Å². The Morgan fingerprint density at radius 3 is 2.57 bits per heavy atom. The van der Waals surface area contributed by atoms with Crippen molar-refractivity contribution in [3.05, 3.63) is 17.7 Å². The molecule has 0 amide bonds. The monoisotopic (exact) mass is 193 g/mol. The van der Waals surface area contributed by atoms with Gasteiger partial charge in [0.25, 0.3) is 0 Å². The molecule has 0 saturated heterocycles. The van der Waals surface area contributed by atoms with Crippen molar-refractivity contribution in [2.24, 2.45) is 0 Å². The lowest BCUT2D eigenvalue weighted by Gasteiger charge is -2.14. The van der Waals surface area contributed by atoms with E-state index in [-0.39, 0.29) is 0 Å². The molecule has 0 atom stereocenters. The Bertz CT molecular complexity index is 361. The molecular weight excluding hydrogens is 178 g/mol. The molecule has 76 valence electrons. The van der Waals surface area contributed by atoms with Crippen LogP contribution >= 0.6 is 0 Å². The van der Waals surface area contributed by atoms with E-state index in [4.69, 9.17) is 15.9 Å². The third kappa shape index (κ3) is 1.64. The third-order valence-electron chi connectivity index (χ3n) is 2.04. The lowest BCUT2D eigenvalue weighted by Crippen LogP contribution is -2.05. The van der Waals surface area contributed by atoms with Gasteiger partial charge in [-0.05, 0) is 19.1 Å². The summed E-state index contributed by atoms with van der Waals surface area (Å²) in [6.45, 7) is 1.69. The van der Waals surface area contributed by atoms with Crippen molar-refractivity contribution in [1.29, 1.82) is 5.41 Å². The molecule has 14 heavy (non-hydrogen) atoms. The van der Waals surface area contributed by atoms with Crippen LogP contribution in [0.1, 0.15) is 12.5 Å². The Morgan fingerprint density at radius 1 is 1.50 bits per heavy atom. The largest absolute Gasteiger partial charge is 0.494 e. The second-order valence-electron chi connectivity index (χ2n) is 2.99. The number of nitrogens with two attached hydrogens (primary N) is 1. The molecule has 0 bridgehead atoms. The average Bonchev–Trinajstić information content (AvgIpc) is 2.16. The summed E-state index contributed by atoms with van der Waals surface area (Å²) in [6, 6.07) is 3.60. The molecular formula is C10H15N3O. The quantitative estimate of drug-likeness (QED) is 0.505. The van der Waals surface area contributed by atoms with Crippen molar-refractivity contribution in [2.45, 2.75) is 6.92 Å². The van der Waals surface area contributed by atoms with Crippen LogP contribution in [0.25, 0.3) is 0 Å². The molecule has 4 nitrogen and oxygen atoms in total.